The summed E-state index contributed by atoms with van der Waals surface area (Å²) >= 11 is 0. The first-order valence-electron chi connectivity index (χ1n) is 13.0. The largest absolute Gasteiger partial charge is 0.497 e. The summed E-state index contributed by atoms with van der Waals surface area (Å²) in [5, 5.41) is 2.88. The molecule has 0 fully saturated rings. The van der Waals surface area contributed by atoms with Crippen LogP contribution in [0.2, 0.25) is 0 Å². The quantitative estimate of drug-likeness (QED) is 0.334. The van der Waals surface area contributed by atoms with E-state index in [1.165, 1.54) is 43.4 Å². The van der Waals surface area contributed by atoms with E-state index in [0.29, 0.717) is 12.3 Å². The third kappa shape index (κ3) is 7.53. The van der Waals surface area contributed by atoms with Crippen molar-refractivity contribution in [2.24, 2.45) is 5.92 Å². The Morgan fingerprint density at radius 3 is 2.08 bits per heavy atom. The predicted octanol–water partition coefficient (Wildman–Crippen LogP) is 4.09. The van der Waals surface area contributed by atoms with Crippen molar-refractivity contribution in [2.45, 2.75) is 38.3 Å². The molecule has 0 spiro atoms. The van der Waals surface area contributed by atoms with Crippen LogP contribution in [0.1, 0.15) is 26.3 Å². The Morgan fingerprint density at radius 1 is 0.850 bits per heavy atom. The lowest BCUT2D eigenvalue weighted by atomic mass is 10.1. The van der Waals surface area contributed by atoms with Gasteiger partial charge in [-0.1, -0.05) is 56.3 Å². The van der Waals surface area contributed by atoms with Crippen molar-refractivity contribution < 1.29 is 27.5 Å². The molecule has 0 aromatic heterocycles. The van der Waals surface area contributed by atoms with Crippen LogP contribution in [-0.4, -0.2) is 58.5 Å². The van der Waals surface area contributed by atoms with Gasteiger partial charge >= 0.3 is 0 Å². The number of nitrogens with one attached hydrogen (secondary N) is 1. The van der Waals surface area contributed by atoms with E-state index in [-0.39, 0.29) is 34.7 Å². The van der Waals surface area contributed by atoms with E-state index in [1.807, 2.05) is 44.2 Å². The number of ether oxygens (including phenoxy) is 2. The molecule has 0 heterocycles. The average Bonchev–Trinajstić information content (AvgIpc) is 2.97. The van der Waals surface area contributed by atoms with Gasteiger partial charge in [-0.15, -0.1) is 0 Å². The summed E-state index contributed by atoms with van der Waals surface area (Å²) in [6.45, 7) is 5.62. The number of carbonyl (C=O) groups excluding carboxylic acids is 2. The highest BCUT2D eigenvalue weighted by atomic mass is 32.2. The second kappa shape index (κ2) is 13.8. The Labute approximate surface area is 236 Å². The van der Waals surface area contributed by atoms with Crippen LogP contribution in [0.3, 0.4) is 0 Å². The number of anilines is 1. The van der Waals surface area contributed by atoms with Gasteiger partial charge in [-0.3, -0.25) is 13.9 Å². The molecule has 2 amide bonds. The molecule has 3 aromatic carbocycles. The Kier molecular flexibility index (Phi) is 10.6. The molecule has 10 heteroatoms. The molecule has 1 unspecified atom stereocenters. The number of hydrogen-bond donors (Lipinski definition) is 1. The van der Waals surface area contributed by atoms with E-state index in [2.05, 4.69) is 5.32 Å². The minimum atomic E-state index is -4.23. The smallest absolute Gasteiger partial charge is 0.264 e. The minimum Gasteiger partial charge on any atom is -0.497 e. The Morgan fingerprint density at radius 2 is 1.48 bits per heavy atom. The van der Waals surface area contributed by atoms with Crippen molar-refractivity contribution in [3.8, 4) is 11.5 Å². The third-order valence-corrected chi connectivity index (χ3v) is 8.10. The van der Waals surface area contributed by atoms with Gasteiger partial charge in [0, 0.05) is 13.1 Å². The summed E-state index contributed by atoms with van der Waals surface area (Å²) in [6.07, 6.45) is 0. The Hall–Kier alpha value is -4.05. The average molecular weight is 568 g/mol. The van der Waals surface area contributed by atoms with E-state index in [0.717, 1.165) is 9.87 Å². The maximum absolute atomic E-state index is 14.0. The lowest BCUT2D eigenvalue weighted by Gasteiger charge is -2.32. The molecule has 0 saturated heterocycles. The van der Waals surface area contributed by atoms with Crippen LogP contribution in [-0.2, 0) is 26.2 Å². The minimum absolute atomic E-state index is 0.0238. The maximum Gasteiger partial charge on any atom is 0.264 e. The van der Waals surface area contributed by atoms with Crippen molar-refractivity contribution in [1.29, 1.82) is 0 Å². The molecule has 1 atom stereocenters. The highest BCUT2D eigenvalue weighted by Gasteiger charge is 2.33. The molecule has 0 aliphatic rings. The fourth-order valence-electron chi connectivity index (χ4n) is 4.04. The van der Waals surface area contributed by atoms with Crippen LogP contribution in [0.25, 0.3) is 0 Å². The molecule has 40 heavy (non-hydrogen) atoms. The summed E-state index contributed by atoms with van der Waals surface area (Å²) in [4.78, 5) is 28.4. The molecule has 0 aliphatic carbocycles. The number of methoxy groups -OCH3 is 2. The van der Waals surface area contributed by atoms with Gasteiger partial charge in [0.2, 0.25) is 11.8 Å². The van der Waals surface area contributed by atoms with Gasteiger partial charge in [-0.25, -0.2) is 8.42 Å². The predicted molar refractivity (Wildman–Crippen MR) is 155 cm³/mol. The summed E-state index contributed by atoms with van der Waals surface area (Å²) in [5.74, 6) is 0.142. The van der Waals surface area contributed by atoms with Gasteiger partial charge in [-0.2, -0.15) is 0 Å². The third-order valence-electron chi connectivity index (χ3n) is 6.33. The topological polar surface area (TPSA) is 105 Å². The molecular weight excluding hydrogens is 530 g/mol. The Balaban J connectivity index is 2.04. The van der Waals surface area contributed by atoms with Crippen molar-refractivity contribution in [1.82, 2.24) is 10.2 Å². The summed E-state index contributed by atoms with van der Waals surface area (Å²) in [7, 11) is -1.31. The molecular formula is C30H37N3O6S. The Bertz CT molecular complexity index is 1380. The molecule has 3 rings (SSSR count). The number of para-hydroxylation sites is 2. The lowest BCUT2D eigenvalue weighted by Crippen LogP contribution is -2.51. The summed E-state index contributed by atoms with van der Waals surface area (Å²) in [5.41, 5.74) is 1.01. The fourth-order valence-corrected chi connectivity index (χ4v) is 5.46. The second-order valence-corrected chi connectivity index (χ2v) is 11.5. The number of rotatable bonds is 13. The SMILES string of the molecule is COc1ccc(S(=O)(=O)N(CC(=O)N(Cc2ccccc2)C(C)C(=O)NCC(C)C)c2ccccc2OC)cc1. The zero-order valence-corrected chi connectivity index (χ0v) is 24.4. The normalized spacial score (nSPS) is 11.9. The van der Waals surface area contributed by atoms with Gasteiger partial charge in [0.25, 0.3) is 10.0 Å². The zero-order chi connectivity index (χ0) is 29.3. The molecule has 0 bridgehead atoms. The van der Waals surface area contributed by atoms with E-state index in [9.17, 15) is 18.0 Å². The molecule has 214 valence electrons. The second-order valence-electron chi connectivity index (χ2n) is 9.68. The first-order chi connectivity index (χ1) is 19.1. The zero-order valence-electron chi connectivity index (χ0n) is 23.5. The monoisotopic (exact) mass is 567 g/mol. The van der Waals surface area contributed by atoms with Crippen LogP contribution in [0.5, 0.6) is 11.5 Å². The van der Waals surface area contributed by atoms with Gasteiger partial charge in [-0.05, 0) is 54.8 Å². The van der Waals surface area contributed by atoms with Crippen LogP contribution in [0.4, 0.5) is 5.69 Å². The summed E-state index contributed by atoms with van der Waals surface area (Å²) < 4.78 is 39.6. The fraction of sp³-hybridized carbons (Fsp3) is 0.333. The van der Waals surface area contributed by atoms with Crippen molar-refractivity contribution in [2.75, 3.05) is 31.6 Å². The molecule has 3 aromatic rings. The van der Waals surface area contributed by atoms with Gasteiger partial charge in [0.1, 0.15) is 24.1 Å². The standard InChI is InChI=1S/C30H37N3O6S/c1-22(2)19-31-30(35)23(3)32(20-24-11-7-6-8-12-24)29(34)21-33(27-13-9-10-14-28(27)39-5)40(36,37)26-17-15-25(38-4)16-18-26/h6-18,22-23H,19-21H2,1-5H3,(H,31,35). The van der Waals surface area contributed by atoms with Gasteiger partial charge in [0.05, 0.1) is 24.8 Å². The number of sulfonamides is 1. The van der Waals surface area contributed by atoms with Crippen LogP contribution in [0, 0.1) is 5.92 Å². The van der Waals surface area contributed by atoms with E-state index >= 15 is 0 Å². The number of hydrogen-bond acceptors (Lipinski definition) is 6. The van der Waals surface area contributed by atoms with Crippen LogP contribution in [0.15, 0.2) is 83.8 Å². The highest BCUT2D eigenvalue weighted by molar-refractivity contribution is 7.92. The number of benzene rings is 3. The van der Waals surface area contributed by atoms with Crippen LogP contribution >= 0.6 is 0 Å². The molecule has 0 radical (unpaired) electrons. The van der Waals surface area contributed by atoms with E-state index < -0.39 is 28.5 Å². The molecule has 9 nitrogen and oxygen atoms in total. The molecule has 0 aliphatic heterocycles. The number of carbonyl (C=O) groups is 2. The highest BCUT2D eigenvalue weighted by Crippen LogP contribution is 2.33. The maximum atomic E-state index is 14.0. The molecule has 0 saturated carbocycles. The van der Waals surface area contributed by atoms with Gasteiger partial charge < -0.3 is 19.7 Å². The van der Waals surface area contributed by atoms with Crippen molar-refractivity contribution in [3.63, 3.8) is 0 Å². The van der Waals surface area contributed by atoms with Crippen molar-refractivity contribution >= 4 is 27.5 Å². The first kappa shape index (κ1) is 30.5. The van der Waals surface area contributed by atoms with E-state index in [4.69, 9.17) is 9.47 Å². The van der Waals surface area contributed by atoms with Gasteiger partial charge in [0.15, 0.2) is 0 Å². The number of amides is 2. The summed E-state index contributed by atoms with van der Waals surface area (Å²) in [6, 6.07) is 20.9. The van der Waals surface area contributed by atoms with E-state index in [1.54, 1.807) is 31.2 Å². The first-order valence-corrected chi connectivity index (χ1v) is 14.4. The molecule has 1 N–H and O–H groups in total. The van der Waals surface area contributed by atoms with Crippen molar-refractivity contribution in [3.05, 3.63) is 84.4 Å². The lowest BCUT2D eigenvalue weighted by molar-refractivity contribution is -0.139. The van der Waals surface area contributed by atoms with Crippen LogP contribution < -0.4 is 19.1 Å². The number of nitrogens with zero attached hydrogens (tertiary/aromatic N) is 2.